The first-order valence-corrected chi connectivity index (χ1v) is 9.24. The lowest BCUT2D eigenvalue weighted by Crippen LogP contribution is -2.30. The van der Waals surface area contributed by atoms with Gasteiger partial charge < -0.3 is 5.11 Å². The van der Waals surface area contributed by atoms with Crippen LogP contribution in [-0.4, -0.2) is 5.11 Å². The Morgan fingerprint density at radius 2 is 0.963 bits per heavy atom. The maximum absolute atomic E-state index is 12.1. The topological polar surface area (TPSA) is 20.2 Å². The zero-order valence-corrected chi connectivity index (χ0v) is 15.1. The zero-order chi connectivity index (χ0) is 18.5. The van der Waals surface area contributed by atoms with Crippen molar-refractivity contribution in [3.63, 3.8) is 0 Å². The molecule has 0 unspecified atom stereocenters. The smallest absolute Gasteiger partial charge is 0.140 e. The first kappa shape index (κ1) is 17.3. The second kappa shape index (κ2) is 7.61. The van der Waals surface area contributed by atoms with Gasteiger partial charge in [0.1, 0.15) is 5.60 Å². The fourth-order valence-corrected chi connectivity index (χ4v) is 3.68. The van der Waals surface area contributed by atoms with E-state index in [1.54, 1.807) is 0 Å². The molecule has 1 heteroatoms. The van der Waals surface area contributed by atoms with Gasteiger partial charge in [-0.05, 0) is 34.2 Å². The number of rotatable bonds is 5. The Kier molecular flexibility index (Phi) is 4.86. The summed E-state index contributed by atoms with van der Waals surface area (Å²) in [7, 11) is 0. The third kappa shape index (κ3) is 3.42. The number of hydrogen-bond acceptors (Lipinski definition) is 1. The molecule has 0 spiro atoms. The molecule has 1 nitrogen and oxygen atoms in total. The molecule has 0 aliphatic heterocycles. The van der Waals surface area contributed by atoms with E-state index in [0.717, 1.165) is 28.7 Å². The fraction of sp³-hybridized carbons (Fsp3) is 0.0769. The average Bonchev–Trinajstić information content (AvgIpc) is 2.75. The second-order valence-electron chi connectivity index (χ2n) is 6.76. The van der Waals surface area contributed by atoms with Crippen LogP contribution in [0, 0.1) is 0 Å². The van der Waals surface area contributed by atoms with Crippen molar-refractivity contribution in [2.24, 2.45) is 0 Å². The molecule has 27 heavy (non-hydrogen) atoms. The molecule has 0 aromatic heterocycles. The van der Waals surface area contributed by atoms with Crippen molar-refractivity contribution in [2.45, 2.75) is 12.0 Å². The van der Waals surface area contributed by atoms with Crippen molar-refractivity contribution in [1.82, 2.24) is 0 Å². The minimum atomic E-state index is -1.20. The van der Waals surface area contributed by atoms with Gasteiger partial charge >= 0.3 is 0 Å². The summed E-state index contributed by atoms with van der Waals surface area (Å²) in [5.74, 6) is 0. The Hall–Kier alpha value is -3.16. The largest absolute Gasteiger partial charge is 0.376 e. The second-order valence-corrected chi connectivity index (χ2v) is 6.76. The van der Waals surface area contributed by atoms with Crippen molar-refractivity contribution in [2.75, 3.05) is 0 Å². The van der Waals surface area contributed by atoms with Crippen molar-refractivity contribution in [3.05, 3.63) is 143 Å². The quantitative estimate of drug-likeness (QED) is 0.467. The number of aliphatic hydroxyl groups is 1. The maximum Gasteiger partial charge on any atom is 0.140 e. The van der Waals surface area contributed by atoms with Crippen LogP contribution >= 0.6 is 0 Å². The van der Waals surface area contributed by atoms with Crippen LogP contribution in [-0.2, 0) is 12.0 Å². The SMILES string of the molecule is OC(c1ccccc1)(c1ccccc1)c1ccccc1Cc1ccccc1. The van der Waals surface area contributed by atoms with Crippen LogP contribution in [0.2, 0.25) is 0 Å². The lowest BCUT2D eigenvalue weighted by atomic mass is 9.77. The molecule has 0 heterocycles. The molecule has 4 rings (SSSR count). The van der Waals surface area contributed by atoms with Gasteiger partial charge in [0.2, 0.25) is 0 Å². The van der Waals surface area contributed by atoms with E-state index < -0.39 is 5.60 Å². The summed E-state index contributed by atoms with van der Waals surface area (Å²) in [4.78, 5) is 0. The predicted molar refractivity (Wildman–Crippen MR) is 111 cm³/mol. The molecule has 4 aromatic rings. The number of benzene rings is 4. The molecule has 0 saturated heterocycles. The molecule has 0 fully saturated rings. The van der Waals surface area contributed by atoms with Crippen LogP contribution in [0.15, 0.2) is 115 Å². The first-order valence-electron chi connectivity index (χ1n) is 9.24. The number of hydrogen-bond donors (Lipinski definition) is 1. The standard InChI is InChI=1S/C26H22O/c27-26(23-15-6-2-7-16-23,24-17-8-3-9-18-24)25-19-11-10-14-22(25)20-21-12-4-1-5-13-21/h1-19,27H,20H2. The van der Waals surface area contributed by atoms with Crippen LogP contribution in [0.4, 0.5) is 0 Å². The van der Waals surface area contributed by atoms with Gasteiger partial charge in [0.15, 0.2) is 0 Å². The highest BCUT2D eigenvalue weighted by molar-refractivity contribution is 5.50. The summed E-state index contributed by atoms with van der Waals surface area (Å²) in [6, 6.07) is 38.4. The van der Waals surface area contributed by atoms with E-state index in [1.807, 2.05) is 84.9 Å². The van der Waals surface area contributed by atoms with E-state index in [0.29, 0.717) is 0 Å². The minimum Gasteiger partial charge on any atom is -0.376 e. The fourth-order valence-electron chi connectivity index (χ4n) is 3.68. The van der Waals surface area contributed by atoms with E-state index in [9.17, 15) is 5.11 Å². The molecule has 132 valence electrons. The average molecular weight is 350 g/mol. The highest BCUT2D eigenvalue weighted by Gasteiger charge is 2.35. The van der Waals surface area contributed by atoms with Gasteiger partial charge in [0, 0.05) is 0 Å². The van der Waals surface area contributed by atoms with Crippen LogP contribution in [0.3, 0.4) is 0 Å². The third-order valence-corrected chi connectivity index (χ3v) is 5.03. The van der Waals surface area contributed by atoms with E-state index in [1.165, 1.54) is 5.56 Å². The van der Waals surface area contributed by atoms with Crippen molar-refractivity contribution in [1.29, 1.82) is 0 Å². The third-order valence-electron chi connectivity index (χ3n) is 5.03. The van der Waals surface area contributed by atoms with E-state index in [-0.39, 0.29) is 0 Å². The highest BCUT2D eigenvalue weighted by atomic mass is 16.3. The van der Waals surface area contributed by atoms with Gasteiger partial charge in [0.25, 0.3) is 0 Å². The van der Waals surface area contributed by atoms with Gasteiger partial charge in [0.05, 0.1) is 0 Å². The van der Waals surface area contributed by atoms with Crippen molar-refractivity contribution >= 4 is 0 Å². The van der Waals surface area contributed by atoms with Crippen molar-refractivity contribution < 1.29 is 5.11 Å². The monoisotopic (exact) mass is 350 g/mol. The van der Waals surface area contributed by atoms with Gasteiger partial charge in [-0.1, -0.05) is 115 Å². The Bertz CT molecular complexity index is 952. The van der Waals surface area contributed by atoms with E-state index >= 15 is 0 Å². The molecule has 4 aromatic carbocycles. The van der Waals surface area contributed by atoms with E-state index in [4.69, 9.17) is 0 Å². The molecule has 1 N–H and O–H groups in total. The maximum atomic E-state index is 12.1. The Labute approximate surface area is 160 Å². The Balaban J connectivity index is 1.90. The summed E-state index contributed by atoms with van der Waals surface area (Å²) in [6.07, 6.45) is 0.777. The molecule has 0 aliphatic carbocycles. The van der Waals surface area contributed by atoms with Gasteiger partial charge in [-0.2, -0.15) is 0 Å². The normalized spacial score (nSPS) is 11.3. The minimum absolute atomic E-state index is 0.777. The Morgan fingerprint density at radius 3 is 1.52 bits per heavy atom. The van der Waals surface area contributed by atoms with Crippen LogP contribution in [0.25, 0.3) is 0 Å². The van der Waals surface area contributed by atoms with Crippen LogP contribution < -0.4 is 0 Å². The van der Waals surface area contributed by atoms with Gasteiger partial charge in [-0.15, -0.1) is 0 Å². The summed E-state index contributed by atoms with van der Waals surface area (Å²) in [6.45, 7) is 0. The summed E-state index contributed by atoms with van der Waals surface area (Å²) < 4.78 is 0. The Morgan fingerprint density at radius 1 is 0.519 bits per heavy atom. The predicted octanol–water partition coefficient (Wildman–Crippen LogP) is 5.56. The molecule has 0 radical (unpaired) electrons. The summed E-state index contributed by atoms with van der Waals surface area (Å²) in [5, 5.41) is 12.1. The van der Waals surface area contributed by atoms with Gasteiger partial charge in [-0.3, -0.25) is 0 Å². The zero-order valence-electron chi connectivity index (χ0n) is 15.1. The molecule has 0 amide bonds. The highest BCUT2D eigenvalue weighted by Crippen LogP contribution is 2.38. The van der Waals surface area contributed by atoms with Gasteiger partial charge in [-0.25, -0.2) is 0 Å². The lowest BCUT2D eigenvalue weighted by molar-refractivity contribution is 0.125. The molecule has 0 bridgehead atoms. The van der Waals surface area contributed by atoms with Crippen LogP contribution in [0.1, 0.15) is 27.8 Å². The first-order chi connectivity index (χ1) is 13.3. The molecule has 0 aliphatic rings. The van der Waals surface area contributed by atoms with Crippen LogP contribution in [0.5, 0.6) is 0 Å². The molecule has 0 atom stereocenters. The molecular formula is C26H22O. The summed E-state index contributed by atoms with van der Waals surface area (Å²) >= 11 is 0. The lowest BCUT2D eigenvalue weighted by Gasteiger charge is -2.32. The van der Waals surface area contributed by atoms with Crippen molar-refractivity contribution in [3.8, 4) is 0 Å². The summed E-state index contributed by atoms with van der Waals surface area (Å²) in [5.41, 5.74) is 3.82. The molecule has 0 saturated carbocycles. The van der Waals surface area contributed by atoms with E-state index in [2.05, 4.69) is 30.3 Å². The molecular weight excluding hydrogens is 328 g/mol.